The van der Waals surface area contributed by atoms with Gasteiger partial charge in [-0.1, -0.05) is 18.2 Å². The maximum Gasteiger partial charge on any atom is 0.441 e. The van der Waals surface area contributed by atoms with Crippen molar-refractivity contribution >= 4 is 23.4 Å². The summed E-state index contributed by atoms with van der Waals surface area (Å²) in [5.74, 6) is 0.146. The molecule has 5 heteroatoms. The quantitative estimate of drug-likeness (QED) is 0.498. The second kappa shape index (κ2) is 5.97. The molecule has 0 rings (SSSR count). The van der Waals surface area contributed by atoms with Gasteiger partial charge < -0.3 is 0 Å². The molecule has 0 aliphatic carbocycles. The van der Waals surface area contributed by atoms with Crippen LogP contribution in [0, 0.1) is 0 Å². The summed E-state index contributed by atoms with van der Waals surface area (Å²) in [6, 6.07) is 0. The first-order chi connectivity index (χ1) is 5.42. The van der Waals surface area contributed by atoms with Crippen LogP contribution in [-0.4, -0.2) is 16.6 Å². The summed E-state index contributed by atoms with van der Waals surface area (Å²) >= 11 is 5.66. The smallest absolute Gasteiger partial charge is 0.160 e. The average Bonchev–Trinajstić information content (AvgIpc) is 1.83. The number of hydrogen-bond donors (Lipinski definition) is 0. The van der Waals surface area contributed by atoms with E-state index in [1.807, 2.05) is 6.92 Å². The van der Waals surface area contributed by atoms with Crippen molar-refractivity contribution in [3.05, 3.63) is 0 Å². The van der Waals surface area contributed by atoms with Crippen LogP contribution in [0.1, 0.15) is 26.2 Å². The van der Waals surface area contributed by atoms with Crippen molar-refractivity contribution in [2.75, 3.05) is 5.75 Å². The number of rotatable bonds is 5. The van der Waals surface area contributed by atoms with E-state index in [0.717, 1.165) is 12.8 Å². The van der Waals surface area contributed by atoms with Gasteiger partial charge in [-0.15, -0.1) is 11.6 Å². The van der Waals surface area contributed by atoms with Gasteiger partial charge in [0.1, 0.15) is 0 Å². The normalized spacial score (nSPS) is 14.8. The van der Waals surface area contributed by atoms with Gasteiger partial charge in [-0.25, -0.2) is 0 Å². The molecule has 1 unspecified atom stereocenters. The van der Waals surface area contributed by atoms with E-state index in [0.29, 0.717) is 6.42 Å². The van der Waals surface area contributed by atoms with Gasteiger partial charge in [-0.05, 0) is 19.8 Å². The fourth-order valence-electron chi connectivity index (χ4n) is 0.716. The SMILES string of the molecule is CC(Cl)CCCCSC(F)(F)F. The molecule has 0 fully saturated rings. The van der Waals surface area contributed by atoms with Crippen molar-refractivity contribution in [1.29, 1.82) is 0 Å². The number of alkyl halides is 4. The molecule has 0 N–H and O–H groups in total. The molecule has 74 valence electrons. The summed E-state index contributed by atoms with van der Waals surface area (Å²) in [6.45, 7) is 1.85. The Morgan fingerprint density at radius 2 is 1.92 bits per heavy atom. The number of unbranched alkanes of at least 4 members (excludes halogenated alkanes) is 1. The van der Waals surface area contributed by atoms with Gasteiger partial charge >= 0.3 is 5.51 Å². The fraction of sp³-hybridized carbons (Fsp3) is 1.00. The lowest BCUT2D eigenvalue weighted by atomic mass is 10.2. The van der Waals surface area contributed by atoms with E-state index >= 15 is 0 Å². The first kappa shape index (κ1) is 12.4. The van der Waals surface area contributed by atoms with E-state index in [4.69, 9.17) is 11.6 Å². The van der Waals surface area contributed by atoms with Gasteiger partial charge in [-0.2, -0.15) is 13.2 Å². The largest absolute Gasteiger partial charge is 0.441 e. The predicted molar refractivity (Wildman–Crippen MR) is 47.7 cm³/mol. The van der Waals surface area contributed by atoms with Crippen LogP contribution in [0.4, 0.5) is 13.2 Å². The average molecular weight is 221 g/mol. The van der Waals surface area contributed by atoms with E-state index in [-0.39, 0.29) is 22.9 Å². The highest BCUT2D eigenvalue weighted by atomic mass is 35.5. The summed E-state index contributed by atoms with van der Waals surface area (Å²) in [6.07, 6.45) is 2.15. The third kappa shape index (κ3) is 10.4. The molecular weight excluding hydrogens is 209 g/mol. The Hall–Kier alpha value is 0.430. The Labute approximate surface area is 79.9 Å². The number of hydrogen-bond acceptors (Lipinski definition) is 1. The van der Waals surface area contributed by atoms with Crippen LogP contribution < -0.4 is 0 Å². The lowest BCUT2D eigenvalue weighted by Gasteiger charge is -2.05. The van der Waals surface area contributed by atoms with Gasteiger partial charge in [0, 0.05) is 11.1 Å². The molecule has 0 spiro atoms. The molecule has 0 amide bonds. The zero-order valence-corrected chi connectivity index (χ0v) is 8.40. The molecule has 12 heavy (non-hydrogen) atoms. The molecule has 0 aliphatic rings. The second-order valence-corrected chi connectivity index (χ2v) is 4.48. The van der Waals surface area contributed by atoms with Crippen molar-refractivity contribution in [2.45, 2.75) is 37.1 Å². The second-order valence-electron chi connectivity index (χ2n) is 2.57. The van der Waals surface area contributed by atoms with Crippen molar-refractivity contribution in [3.63, 3.8) is 0 Å². The van der Waals surface area contributed by atoms with Gasteiger partial charge in [0.05, 0.1) is 0 Å². The minimum absolute atomic E-state index is 0.0422. The zero-order chi connectivity index (χ0) is 9.61. The Morgan fingerprint density at radius 3 is 2.33 bits per heavy atom. The molecule has 0 aliphatic heterocycles. The number of halogens is 4. The van der Waals surface area contributed by atoms with Crippen LogP contribution in [0.25, 0.3) is 0 Å². The molecular formula is C7H12ClF3S. The topological polar surface area (TPSA) is 0 Å². The lowest BCUT2D eigenvalue weighted by Crippen LogP contribution is -2.01. The first-order valence-electron chi connectivity index (χ1n) is 3.76. The number of thioether (sulfide) groups is 1. The molecule has 0 saturated heterocycles. The van der Waals surface area contributed by atoms with Crippen LogP contribution in [0.3, 0.4) is 0 Å². The minimum Gasteiger partial charge on any atom is -0.160 e. The highest BCUT2D eigenvalue weighted by Gasteiger charge is 2.27. The molecule has 0 heterocycles. The first-order valence-corrected chi connectivity index (χ1v) is 5.19. The van der Waals surface area contributed by atoms with Gasteiger partial charge in [0.25, 0.3) is 0 Å². The van der Waals surface area contributed by atoms with Crippen molar-refractivity contribution in [3.8, 4) is 0 Å². The zero-order valence-electron chi connectivity index (χ0n) is 6.83. The van der Waals surface area contributed by atoms with Crippen molar-refractivity contribution < 1.29 is 13.2 Å². The monoisotopic (exact) mass is 220 g/mol. The highest BCUT2D eigenvalue weighted by molar-refractivity contribution is 8.00. The third-order valence-electron chi connectivity index (χ3n) is 1.26. The minimum atomic E-state index is -4.08. The summed E-state index contributed by atoms with van der Waals surface area (Å²) in [5.41, 5.74) is -4.08. The van der Waals surface area contributed by atoms with Gasteiger partial charge in [0.2, 0.25) is 0 Å². The molecule has 0 saturated carbocycles. The van der Waals surface area contributed by atoms with Crippen LogP contribution in [-0.2, 0) is 0 Å². The van der Waals surface area contributed by atoms with E-state index in [9.17, 15) is 13.2 Å². The predicted octanol–water partition coefficient (Wildman–Crippen LogP) is 4.04. The molecule has 0 bridgehead atoms. The van der Waals surface area contributed by atoms with E-state index in [1.165, 1.54) is 0 Å². The summed E-state index contributed by atoms with van der Waals surface area (Å²) in [4.78, 5) is 0. The summed E-state index contributed by atoms with van der Waals surface area (Å²) in [5, 5.41) is 0.0703. The maximum absolute atomic E-state index is 11.6. The maximum atomic E-state index is 11.6. The van der Waals surface area contributed by atoms with E-state index < -0.39 is 5.51 Å². The Bertz CT molecular complexity index is 114. The Balaban J connectivity index is 3.12. The molecule has 1 atom stereocenters. The molecule has 0 nitrogen and oxygen atoms in total. The van der Waals surface area contributed by atoms with Gasteiger partial charge in [0.15, 0.2) is 0 Å². The van der Waals surface area contributed by atoms with E-state index in [1.54, 1.807) is 0 Å². The third-order valence-corrected chi connectivity index (χ3v) is 2.30. The Morgan fingerprint density at radius 1 is 1.33 bits per heavy atom. The summed E-state index contributed by atoms with van der Waals surface area (Å²) < 4.78 is 34.7. The lowest BCUT2D eigenvalue weighted by molar-refractivity contribution is -0.0328. The van der Waals surface area contributed by atoms with Crippen LogP contribution >= 0.6 is 23.4 Å². The van der Waals surface area contributed by atoms with Crippen molar-refractivity contribution in [2.24, 2.45) is 0 Å². The Kier molecular flexibility index (Phi) is 6.19. The molecule has 0 radical (unpaired) electrons. The van der Waals surface area contributed by atoms with Crippen molar-refractivity contribution in [1.82, 2.24) is 0 Å². The molecule has 0 aromatic carbocycles. The molecule has 0 aromatic rings. The van der Waals surface area contributed by atoms with Gasteiger partial charge in [-0.3, -0.25) is 0 Å². The standard InChI is InChI=1S/C7H12ClF3S/c1-6(8)4-2-3-5-12-7(9,10)11/h6H,2-5H2,1H3. The fourth-order valence-corrected chi connectivity index (χ4v) is 1.45. The van der Waals surface area contributed by atoms with Crippen LogP contribution in [0.2, 0.25) is 0 Å². The van der Waals surface area contributed by atoms with E-state index in [2.05, 4.69) is 0 Å². The molecule has 0 aromatic heterocycles. The van der Waals surface area contributed by atoms with Crippen LogP contribution in [0.5, 0.6) is 0 Å². The highest BCUT2D eigenvalue weighted by Crippen LogP contribution is 2.30. The van der Waals surface area contributed by atoms with Crippen LogP contribution in [0.15, 0.2) is 0 Å². The summed E-state index contributed by atoms with van der Waals surface area (Å²) in [7, 11) is 0.